The summed E-state index contributed by atoms with van der Waals surface area (Å²) in [5.41, 5.74) is 1.72. The molecule has 0 aromatic rings. The summed E-state index contributed by atoms with van der Waals surface area (Å²) in [5, 5.41) is 0. The summed E-state index contributed by atoms with van der Waals surface area (Å²) >= 11 is 0. The highest BCUT2D eigenvalue weighted by atomic mass is 16.2. The number of unbranched alkanes of at least 4 members (excludes halogenated alkanes) is 1. The van der Waals surface area contributed by atoms with Crippen molar-refractivity contribution in [1.82, 2.24) is 9.80 Å². The number of ketones is 1. The molecule has 0 spiro atoms. The van der Waals surface area contributed by atoms with E-state index < -0.39 is 5.92 Å². The molecule has 4 heteroatoms. The van der Waals surface area contributed by atoms with Crippen LogP contribution in [0.4, 0.5) is 0 Å². The Morgan fingerprint density at radius 2 is 1.87 bits per heavy atom. The summed E-state index contributed by atoms with van der Waals surface area (Å²) in [5.74, 6) is 1.73. The number of hydrogen-bond donors (Lipinski definition) is 0. The lowest BCUT2D eigenvalue weighted by Crippen LogP contribution is -2.59. The molecule has 4 aliphatic rings. The molecule has 2 saturated carbocycles. The Morgan fingerprint density at radius 1 is 1.13 bits per heavy atom. The second-order valence-electron chi connectivity index (χ2n) is 11.4. The fourth-order valence-electron chi connectivity index (χ4n) is 8.03. The van der Waals surface area contributed by atoms with Gasteiger partial charge in [0.15, 0.2) is 5.78 Å². The van der Waals surface area contributed by atoms with Crippen LogP contribution in [-0.2, 0) is 9.59 Å². The number of carbonyl (C=O) groups excluding carboxylic acids is 2. The number of piperidine rings is 1. The molecule has 1 saturated heterocycles. The average molecular weight is 429 g/mol. The maximum atomic E-state index is 13.3. The lowest BCUT2D eigenvalue weighted by molar-refractivity contribution is -0.144. The lowest BCUT2D eigenvalue weighted by atomic mass is 9.49. The Kier molecular flexibility index (Phi) is 6.31. The van der Waals surface area contributed by atoms with E-state index in [2.05, 4.69) is 25.7 Å². The predicted octanol–water partition coefficient (Wildman–Crippen LogP) is 5.28. The van der Waals surface area contributed by atoms with Gasteiger partial charge in [-0.25, -0.2) is 0 Å². The standard InChI is InChI=1S/C27H44N2O2/c1-6-9-15-29-18-20-21-11-10-13-26(21,4)14-12-22(20)27(5)17-19(23(30)16-24(27)29)25(31)28(7-2)8-3/h16,19-22H,6-15,17-18H2,1-5H3/t19?,20-,21-,22+,26-,27+/m0/s1. The lowest BCUT2D eigenvalue weighted by Gasteiger charge is -2.61. The van der Waals surface area contributed by atoms with Crippen LogP contribution in [0.5, 0.6) is 0 Å². The molecule has 0 N–H and O–H groups in total. The molecule has 3 fully saturated rings. The van der Waals surface area contributed by atoms with Gasteiger partial charge in [0.05, 0.1) is 0 Å². The van der Waals surface area contributed by atoms with Crippen LogP contribution in [-0.4, -0.2) is 47.7 Å². The molecule has 4 rings (SSSR count). The van der Waals surface area contributed by atoms with Gasteiger partial charge in [-0.2, -0.15) is 0 Å². The minimum absolute atomic E-state index is 0.0471. The van der Waals surface area contributed by atoms with Crippen molar-refractivity contribution in [1.29, 1.82) is 0 Å². The molecule has 6 atom stereocenters. The molecule has 174 valence electrons. The first kappa shape index (κ1) is 22.9. The van der Waals surface area contributed by atoms with Crippen molar-refractivity contribution in [3.63, 3.8) is 0 Å². The first-order chi connectivity index (χ1) is 14.8. The van der Waals surface area contributed by atoms with Crippen molar-refractivity contribution >= 4 is 11.7 Å². The molecule has 4 nitrogen and oxygen atoms in total. The minimum atomic E-state index is -0.489. The normalized spacial score (nSPS) is 39.5. The number of amides is 1. The summed E-state index contributed by atoms with van der Waals surface area (Å²) in [6, 6.07) is 0. The van der Waals surface area contributed by atoms with Crippen LogP contribution in [0.15, 0.2) is 11.8 Å². The summed E-state index contributed by atoms with van der Waals surface area (Å²) in [6.45, 7) is 14.8. The number of likely N-dealkylation sites (tertiary alicyclic amines) is 1. The third kappa shape index (κ3) is 3.66. The summed E-state index contributed by atoms with van der Waals surface area (Å²) in [7, 11) is 0. The Morgan fingerprint density at radius 3 is 2.55 bits per heavy atom. The molecule has 0 aromatic carbocycles. The molecular weight excluding hydrogens is 384 g/mol. The summed E-state index contributed by atoms with van der Waals surface area (Å²) in [6.07, 6.45) is 11.7. The van der Waals surface area contributed by atoms with Crippen LogP contribution in [0.1, 0.15) is 86.0 Å². The van der Waals surface area contributed by atoms with E-state index in [0.717, 1.165) is 19.0 Å². The van der Waals surface area contributed by atoms with Crippen LogP contribution >= 0.6 is 0 Å². The van der Waals surface area contributed by atoms with Crippen LogP contribution in [0.3, 0.4) is 0 Å². The zero-order valence-corrected chi connectivity index (χ0v) is 20.6. The van der Waals surface area contributed by atoms with E-state index in [1.165, 1.54) is 50.6 Å². The third-order valence-electron chi connectivity index (χ3n) is 9.80. The second kappa shape index (κ2) is 8.56. The quantitative estimate of drug-likeness (QED) is 0.540. The number of hydrogen-bond acceptors (Lipinski definition) is 3. The first-order valence-corrected chi connectivity index (χ1v) is 13.1. The van der Waals surface area contributed by atoms with Gasteiger partial charge >= 0.3 is 0 Å². The van der Waals surface area contributed by atoms with E-state index in [9.17, 15) is 9.59 Å². The highest BCUT2D eigenvalue weighted by molar-refractivity contribution is 6.08. The van der Waals surface area contributed by atoms with Gasteiger partial charge in [-0.1, -0.05) is 33.6 Å². The largest absolute Gasteiger partial charge is 0.374 e. The van der Waals surface area contributed by atoms with E-state index in [0.29, 0.717) is 36.8 Å². The van der Waals surface area contributed by atoms with E-state index in [4.69, 9.17) is 0 Å². The monoisotopic (exact) mass is 428 g/mol. The number of allylic oxidation sites excluding steroid dienone is 2. The van der Waals surface area contributed by atoms with Crippen LogP contribution in [0, 0.1) is 34.5 Å². The topological polar surface area (TPSA) is 40.6 Å². The third-order valence-corrected chi connectivity index (χ3v) is 9.80. The average Bonchev–Trinajstić information content (AvgIpc) is 3.15. The Bertz CT molecular complexity index is 742. The maximum Gasteiger partial charge on any atom is 0.233 e. The van der Waals surface area contributed by atoms with E-state index >= 15 is 0 Å². The van der Waals surface area contributed by atoms with E-state index in [1.807, 2.05) is 24.8 Å². The molecule has 0 bridgehead atoms. The van der Waals surface area contributed by atoms with Crippen molar-refractivity contribution in [3.05, 3.63) is 11.8 Å². The van der Waals surface area contributed by atoms with Gasteiger partial charge in [0, 0.05) is 43.4 Å². The van der Waals surface area contributed by atoms with Gasteiger partial charge in [-0.05, 0) is 75.5 Å². The molecule has 1 unspecified atom stereocenters. The molecule has 31 heavy (non-hydrogen) atoms. The Hall–Kier alpha value is -1.32. The van der Waals surface area contributed by atoms with Crippen LogP contribution < -0.4 is 0 Å². The van der Waals surface area contributed by atoms with Crippen LogP contribution in [0.2, 0.25) is 0 Å². The van der Waals surface area contributed by atoms with Gasteiger partial charge in [0.1, 0.15) is 5.92 Å². The summed E-state index contributed by atoms with van der Waals surface area (Å²) in [4.78, 5) is 31.0. The fourth-order valence-corrected chi connectivity index (χ4v) is 8.03. The Labute approximate surface area is 189 Å². The highest BCUT2D eigenvalue weighted by Gasteiger charge is 2.59. The molecule has 1 aliphatic heterocycles. The molecule has 1 heterocycles. The van der Waals surface area contributed by atoms with Crippen LogP contribution in [0.25, 0.3) is 0 Å². The van der Waals surface area contributed by atoms with Crippen molar-refractivity contribution < 1.29 is 9.59 Å². The van der Waals surface area contributed by atoms with Gasteiger partial charge in [0.25, 0.3) is 0 Å². The zero-order chi connectivity index (χ0) is 22.4. The fraction of sp³-hybridized carbons (Fsp3) is 0.852. The zero-order valence-electron chi connectivity index (χ0n) is 20.6. The van der Waals surface area contributed by atoms with E-state index in [-0.39, 0.29) is 17.1 Å². The molecule has 1 amide bonds. The van der Waals surface area contributed by atoms with E-state index in [1.54, 1.807) is 0 Å². The summed E-state index contributed by atoms with van der Waals surface area (Å²) < 4.78 is 0. The van der Waals surface area contributed by atoms with Crippen molar-refractivity contribution in [2.24, 2.45) is 34.5 Å². The SMILES string of the molecule is CCCCN1C[C@@H]2[C@@H](CC[C@]3(C)CCC[C@@H]23)[C@@]2(C)CC(C(=O)N(CC)CC)C(=O)C=C12. The Balaban J connectivity index is 1.71. The van der Waals surface area contributed by atoms with Gasteiger partial charge in [-0.15, -0.1) is 0 Å². The molecule has 0 radical (unpaired) electrons. The van der Waals surface area contributed by atoms with Gasteiger partial charge < -0.3 is 9.80 Å². The predicted molar refractivity (Wildman–Crippen MR) is 125 cm³/mol. The van der Waals surface area contributed by atoms with Gasteiger partial charge in [0.2, 0.25) is 5.91 Å². The minimum Gasteiger partial charge on any atom is -0.374 e. The van der Waals surface area contributed by atoms with Crippen molar-refractivity contribution in [2.75, 3.05) is 26.2 Å². The molecule has 0 aromatic heterocycles. The highest BCUT2D eigenvalue weighted by Crippen LogP contribution is 2.64. The maximum absolute atomic E-state index is 13.3. The first-order valence-electron chi connectivity index (χ1n) is 13.1. The molecule has 3 aliphatic carbocycles. The number of rotatable bonds is 6. The molecular formula is C27H44N2O2. The number of carbonyl (C=O) groups is 2. The number of fused-ring (bicyclic) bond motifs is 5. The smallest absolute Gasteiger partial charge is 0.233 e. The van der Waals surface area contributed by atoms with Crippen molar-refractivity contribution in [3.8, 4) is 0 Å². The second-order valence-corrected chi connectivity index (χ2v) is 11.4. The number of nitrogens with zero attached hydrogens (tertiary/aromatic N) is 2. The van der Waals surface area contributed by atoms with Crippen molar-refractivity contribution in [2.45, 2.75) is 86.0 Å². The van der Waals surface area contributed by atoms with Gasteiger partial charge in [-0.3, -0.25) is 9.59 Å².